The molecule has 3 nitrogen and oxygen atoms in total. The van der Waals surface area contributed by atoms with Crippen molar-refractivity contribution in [2.45, 2.75) is 25.3 Å². The zero-order valence-corrected chi connectivity index (χ0v) is 6.86. The molecule has 0 aromatic rings. The van der Waals surface area contributed by atoms with E-state index >= 15 is 0 Å². The average Bonchev–Trinajstić information content (AvgIpc) is 2.06. The lowest BCUT2D eigenvalue weighted by Gasteiger charge is -2.09. The summed E-state index contributed by atoms with van der Waals surface area (Å²) in [6.07, 6.45) is 8.52. The van der Waals surface area contributed by atoms with E-state index in [1.165, 1.54) is 0 Å². The molecule has 1 aliphatic rings. The fraction of sp³-hybridized carbons (Fsp3) is 0.444. The van der Waals surface area contributed by atoms with Crippen molar-refractivity contribution in [1.29, 1.82) is 0 Å². The topological polar surface area (TPSA) is 63.3 Å². The predicted molar refractivity (Wildman–Crippen MR) is 46.7 cm³/mol. The Bertz CT molecular complexity index is 231. The van der Waals surface area contributed by atoms with Gasteiger partial charge in [-0.15, -0.1) is 0 Å². The number of carboxylic acid groups (broad SMARTS) is 1. The van der Waals surface area contributed by atoms with E-state index in [1.807, 2.05) is 18.2 Å². The van der Waals surface area contributed by atoms with Gasteiger partial charge in [0, 0.05) is 0 Å². The van der Waals surface area contributed by atoms with Gasteiger partial charge in [0.25, 0.3) is 0 Å². The van der Waals surface area contributed by atoms with Gasteiger partial charge in [-0.2, -0.15) is 0 Å². The van der Waals surface area contributed by atoms with Crippen LogP contribution >= 0.6 is 0 Å². The molecular weight excluding hydrogens is 154 g/mol. The molecule has 0 saturated heterocycles. The van der Waals surface area contributed by atoms with Crippen molar-refractivity contribution in [3.05, 3.63) is 23.8 Å². The molecule has 0 fully saturated rings. The first-order valence-corrected chi connectivity index (χ1v) is 4.04. The first kappa shape index (κ1) is 9.00. The number of hydrogen-bond acceptors (Lipinski definition) is 2. The Hall–Kier alpha value is -1.09. The smallest absolute Gasteiger partial charge is 0.320 e. The Morgan fingerprint density at radius 1 is 1.67 bits per heavy atom. The van der Waals surface area contributed by atoms with Crippen molar-refractivity contribution >= 4 is 5.97 Å². The minimum absolute atomic E-state index is 0.436. The van der Waals surface area contributed by atoms with E-state index < -0.39 is 12.0 Å². The summed E-state index contributed by atoms with van der Waals surface area (Å²) < 4.78 is 0. The monoisotopic (exact) mass is 167 g/mol. The molecule has 0 spiro atoms. The molecule has 1 aliphatic carbocycles. The molecule has 0 saturated carbocycles. The van der Waals surface area contributed by atoms with Gasteiger partial charge in [-0.05, 0) is 19.3 Å². The Morgan fingerprint density at radius 3 is 2.92 bits per heavy atom. The second kappa shape index (κ2) is 4.07. The number of carboxylic acids is 1. The second-order valence-electron chi connectivity index (χ2n) is 2.91. The zero-order valence-electron chi connectivity index (χ0n) is 6.86. The third-order valence-corrected chi connectivity index (χ3v) is 1.84. The highest BCUT2D eigenvalue weighted by Crippen LogP contribution is 2.13. The van der Waals surface area contributed by atoms with Gasteiger partial charge in [-0.3, -0.25) is 4.79 Å². The second-order valence-corrected chi connectivity index (χ2v) is 2.91. The van der Waals surface area contributed by atoms with Crippen LogP contribution in [0.3, 0.4) is 0 Å². The van der Waals surface area contributed by atoms with Gasteiger partial charge in [0.05, 0.1) is 0 Å². The van der Waals surface area contributed by atoms with E-state index in [1.54, 1.807) is 0 Å². The van der Waals surface area contributed by atoms with Gasteiger partial charge in [-0.25, -0.2) is 0 Å². The Morgan fingerprint density at radius 2 is 2.42 bits per heavy atom. The third kappa shape index (κ3) is 2.51. The maximum absolute atomic E-state index is 10.4. The van der Waals surface area contributed by atoms with Gasteiger partial charge in [-0.1, -0.05) is 23.8 Å². The van der Waals surface area contributed by atoms with Crippen LogP contribution in [-0.4, -0.2) is 17.1 Å². The molecule has 66 valence electrons. The summed E-state index contributed by atoms with van der Waals surface area (Å²) in [6.45, 7) is 0. The standard InChI is InChI=1S/C9H13NO2/c10-8(9(11)12)6-7-4-2-1-3-5-7/h2,4-5,8H,1,3,6,10H2,(H,11,12)/t8-/m0/s1. The number of carbonyl (C=O) groups is 1. The van der Waals surface area contributed by atoms with Gasteiger partial charge < -0.3 is 10.8 Å². The number of hydrogen-bond donors (Lipinski definition) is 2. The minimum atomic E-state index is -0.935. The fourth-order valence-corrected chi connectivity index (χ4v) is 1.16. The first-order chi connectivity index (χ1) is 5.70. The normalized spacial score (nSPS) is 18.6. The number of rotatable bonds is 3. The first-order valence-electron chi connectivity index (χ1n) is 4.04. The van der Waals surface area contributed by atoms with Gasteiger partial charge in [0.2, 0.25) is 0 Å². The number of allylic oxidation sites excluding steroid dienone is 3. The van der Waals surface area contributed by atoms with Gasteiger partial charge in [0.1, 0.15) is 6.04 Å². The molecule has 3 heteroatoms. The predicted octanol–water partition coefficient (Wildman–Crippen LogP) is 1.06. The maximum atomic E-state index is 10.4. The third-order valence-electron chi connectivity index (χ3n) is 1.84. The number of aliphatic carboxylic acids is 1. The van der Waals surface area contributed by atoms with Crippen molar-refractivity contribution in [2.24, 2.45) is 5.73 Å². The van der Waals surface area contributed by atoms with Crippen molar-refractivity contribution < 1.29 is 9.90 Å². The summed E-state index contributed by atoms with van der Waals surface area (Å²) >= 11 is 0. The summed E-state index contributed by atoms with van der Waals surface area (Å²) in [5, 5.41) is 8.54. The minimum Gasteiger partial charge on any atom is -0.480 e. The van der Waals surface area contributed by atoms with Crippen LogP contribution in [0.1, 0.15) is 19.3 Å². The Kier molecular flexibility index (Phi) is 3.05. The molecule has 0 aromatic heterocycles. The lowest BCUT2D eigenvalue weighted by Crippen LogP contribution is -2.30. The molecule has 12 heavy (non-hydrogen) atoms. The van der Waals surface area contributed by atoms with Crippen molar-refractivity contribution in [3.63, 3.8) is 0 Å². The van der Waals surface area contributed by atoms with Crippen LogP contribution in [-0.2, 0) is 4.79 Å². The molecule has 0 aromatic carbocycles. The van der Waals surface area contributed by atoms with E-state index in [2.05, 4.69) is 0 Å². The van der Waals surface area contributed by atoms with E-state index in [-0.39, 0.29) is 0 Å². The summed E-state index contributed by atoms with van der Waals surface area (Å²) in [7, 11) is 0. The van der Waals surface area contributed by atoms with Crippen LogP contribution in [0.4, 0.5) is 0 Å². The quantitative estimate of drug-likeness (QED) is 0.660. The molecule has 0 amide bonds. The van der Waals surface area contributed by atoms with Crippen LogP contribution in [0.2, 0.25) is 0 Å². The van der Waals surface area contributed by atoms with Gasteiger partial charge in [0.15, 0.2) is 0 Å². The Balaban J connectivity index is 2.45. The van der Waals surface area contributed by atoms with Crippen LogP contribution in [0.25, 0.3) is 0 Å². The van der Waals surface area contributed by atoms with Gasteiger partial charge >= 0.3 is 5.97 Å². The van der Waals surface area contributed by atoms with E-state index in [0.717, 1.165) is 18.4 Å². The van der Waals surface area contributed by atoms with E-state index in [4.69, 9.17) is 10.8 Å². The highest BCUT2D eigenvalue weighted by Gasteiger charge is 2.12. The lowest BCUT2D eigenvalue weighted by atomic mass is 10.0. The highest BCUT2D eigenvalue weighted by atomic mass is 16.4. The highest BCUT2D eigenvalue weighted by molar-refractivity contribution is 5.73. The van der Waals surface area contributed by atoms with Crippen LogP contribution in [0.15, 0.2) is 23.8 Å². The van der Waals surface area contributed by atoms with Crippen LogP contribution in [0, 0.1) is 0 Å². The van der Waals surface area contributed by atoms with Crippen LogP contribution < -0.4 is 5.73 Å². The summed E-state index contributed by atoms with van der Waals surface area (Å²) in [5.41, 5.74) is 6.41. The summed E-state index contributed by atoms with van der Waals surface area (Å²) in [6, 6.07) is -0.765. The fourth-order valence-electron chi connectivity index (χ4n) is 1.16. The molecular formula is C9H13NO2. The largest absolute Gasteiger partial charge is 0.480 e. The average molecular weight is 167 g/mol. The number of nitrogens with two attached hydrogens (primary N) is 1. The molecule has 0 heterocycles. The SMILES string of the molecule is N[C@@H](CC1=CCCC=C1)C(=O)O. The van der Waals surface area contributed by atoms with E-state index in [9.17, 15) is 4.79 Å². The molecule has 0 radical (unpaired) electrons. The van der Waals surface area contributed by atoms with Crippen molar-refractivity contribution in [1.82, 2.24) is 0 Å². The maximum Gasteiger partial charge on any atom is 0.320 e. The Labute approximate surface area is 71.6 Å². The molecule has 3 N–H and O–H groups in total. The van der Waals surface area contributed by atoms with Crippen molar-refractivity contribution in [3.8, 4) is 0 Å². The lowest BCUT2D eigenvalue weighted by molar-refractivity contribution is -0.138. The zero-order chi connectivity index (χ0) is 8.97. The van der Waals surface area contributed by atoms with E-state index in [0.29, 0.717) is 6.42 Å². The van der Waals surface area contributed by atoms with Crippen LogP contribution in [0.5, 0.6) is 0 Å². The molecule has 0 aliphatic heterocycles. The summed E-state index contributed by atoms with van der Waals surface area (Å²) in [4.78, 5) is 10.4. The van der Waals surface area contributed by atoms with Crippen molar-refractivity contribution in [2.75, 3.05) is 0 Å². The molecule has 0 bridgehead atoms. The molecule has 0 unspecified atom stereocenters. The molecule has 1 atom stereocenters. The summed E-state index contributed by atoms with van der Waals surface area (Å²) in [5.74, 6) is -0.935. The molecule has 1 rings (SSSR count).